The van der Waals surface area contributed by atoms with Gasteiger partial charge in [-0.05, 0) is 12.1 Å². The zero-order chi connectivity index (χ0) is 14.8. The van der Waals surface area contributed by atoms with Crippen LogP contribution in [0, 0.1) is 11.3 Å². The molecule has 1 fully saturated rings. The summed E-state index contributed by atoms with van der Waals surface area (Å²) < 4.78 is 7.40. The second-order valence-corrected chi connectivity index (χ2v) is 5.00. The van der Waals surface area contributed by atoms with Crippen LogP contribution in [0.1, 0.15) is 5.56 Å². The first-order valence-electron chi connectivity index (χ1n) is 6.60. The zero-order valence-corrected chi connectivity index (χ0v) is 11.5. The largest absolute Gasteiger partial charge is 0.482 e. The first kappa shape index (κ1) is 13.4. The molecule has 1 saturated heterocycles. The molecule has 1 aliphatic heterocycles. The van der Waals surface area contributed by atoms with Gasteiger partial charge < -0.3 is 14.7 Å². The van der Waals surface area contributed by atoms with Crippen LogP contribution in [-0.4, -0.2) is 45.2 Å². The van der Waals surface area contributed by atoms with Gasteiger partial charge in [0.05, 0.1) is 24.5 Å². The molecular formula is C14H15N5O2. The van der Waals surface area contributed by atoms with Crippen molar-refractivity contribution >= 4 is 5.82 Å². The van der Waals surface area contributed by atoms with E-state index < -0.39 is 6.10 Å². The Labute approximate surface area is 122 Å². The Morgan fingerprint density at radius 1 is 1.38 bits per heavy atom. The van der Waals surface area contributed by atoms with E-state index in [9.17, 15) is 5.11 Å². The van der Waals surface area contributed by atoms with Crippen molar-refractivity contribution in [2.24, 2.45) is 7.05 Å². The first-order valence-corrected chi connectivity index (χ1v) is 6.60. The van der Waals surface area contributed by atoms with Gasteiger partial charge in [-0.2, -0.15) is 10.4 Å². The van der Waals surface area contributed by atoms with E-state index in [1.165, 1.54) is 6.20 Å². The van der Waals surface area contributed by atoms with Gasteiger partial charge in [0.15, 0.2) is 5.75 Å². The molecule has 21 heavy (non-hydrogen) atoms. The molecule has 7 heteroatoms. The Kier molecular flexibility index (Phi) is 3.46. The summed E-state index contributed by atoms with van der Waals surface area (Å²) in [6.07, 6.45) is 3.98. The van der Waals surface area contributed by atoms with Gasteiger partial charge in [0.2, 0.25) is 0 Å². The number of pyridine rings is 1. The van der Waals surface area contributed by atoms with E-state index in [1.807, 2.05) is 18.0 Å². The van der Waals surface area contributed by atoms with Crippen LogP contribution < -0.4 is 9.64 Å². The summed E-state index contributed by atoms with van der Waals surface area (Å²) in [5.41, 5.74) is 0.515. The van der Waals surface area contributed by atoms with Crippen molar-refractivity contribution in [3.8, 4) is 11.8 Å². The fourth-order valence-corrected chi connectivity index (χ4v) is 2.33. The lowest BCUT2D eigenvalue weighted by Crippen LogP contribution is -2.29. The Morgan fingerprint density at radius 3 is 2.86 bits per heavy atom. The van der Waals surface area contributed by atoms with Gasteiger partial charge in [-0.1, -0.05) is 0 Å². The molecule has 1 aliphatic rings. The molecule has 3 rings (SSSR count). The average molecular weight is 285 g/mol. The molecular weight excluding hydrogens is 270 g/mol. The summed E-state index contributed by atoms with van der Waals surface area (Å²) in [5.74, 6) is 1.36. The van der Waals surface area contributed by atoms with Gasteiger partial charge >= 0.3 is 0 Å². The van der Waals surface area contributed by atoms with Gasteiger partial charge in [-0.15, -0.1) is 0 Å². The minimum Gasteiger partial charge on any atom is -0.482 e. The number of nitrogens with zero attached hydrogens (tertiary/aromatic N) is 5. The highest BCUT2D eigenvalue weighted by Gasteiger charge is 2.34. The van der Waals surface area contributed by atoms with Crippen LogP contribution in [0.4, 0.5) is 5.82 Å². The highest BCUT2D eigenvalue weighted by Crippen LogP contribution is 2.22. The normalized spacial score (nSPS) is 21.3. The van der Waals surface area contributed by atoms with Gasteiger partial charge in [0.25, 0.3) is 0 Å². The van der Waals surface area contributed by atoms with E-state index in [4.69, 9.17) is 10.00 Å². The number of nitriles is 1. The fourth-order valence-electron chi connectivity index (χ4n) is 2.33. The van der Waals surface area contributed by atoms with E-state index in [2.05, 4.69) is 10.1 Å². The number of ether oxygens (including phenoxy) is 1. The van der Waals surface area contributed by atoms with Crippen molar-refractivity contribution in [1.29, 1.82) is 5.26 Å². The minimum absolute atomic E-state index is 0.327. The summed E-state index contributed by atoms with van der Waals surface area (Å²) in [5, 5.41) is 22.9. The SMILES string of the molecule is Cn1cc(O[C@@H]2CN(c3ccc(C#N)cn3)C[C@H]2O)cn1. The van der Waals surface area contributed by atoms with Crippen molar-refractivity contribution in [3.05, 3.63) is 36.3 Å². The summed E-state index contributed by atoms with van der Waals surface area (Å²) in [6.45, 7) is 0.985. The summed E-state index contributed by atoms with van der Waals surface area (Å²) in [6, 6.07) is 5.52. The predicted molar refractivity (Wildman–Crippen MR) is 74.8 cm³/mol. The Hall–Kier alpha value is -2.59. The van der Waals surface area contributed by atoms with E-state index >= 15 is 0 Å². The third kappa shape index (κ3) is 2.80. The molecule has 0 radical (unpaired) electrons. The number of aryl methyl sites for hydroxylation is 1. The average Bonchev–Trinajstić information content (AvgIpc) is 3.06. The standard InChI is InChI=1S/C14H15N5O2/c1-18-7-11(6-17-18)21-13-9-19(8-12(13)20)14-3-2-10(4-15)5-16-14/h2-3,5-7,12-13,20H,8-9H2,1H3/t12-,13-/m1/s1. The van der Waals surface area contributed by atoms with Crippen LogP contribution in [-0.2, 0) is 7.05 Å². The predicted octanol–water partition coefficient (Wildman–Crippen LogP) is 0.315. The molecule has 1 N–H and O–H groups in total. The maximum absolute atomic E-state index is 10.1. The van der Waals surface area contributed by atoms with Crippen LogP contribution in [0.2, 0.25) is 0 Å². The third-order valence-electron chi connectivity index (χ3n) is 3.41. The number of rotatable bonds is 3. The smallest absolute Gasteiger partial charge is 0.157 e. The van der Waals surface area contributed by atoms with Gasteiger partial charge in [-0.25, -0.2) is 4.98 Å². The molecule has 2 aromatic rings. The molecule has 2 atom stereocenters. The molecule has 2 aromatic heterocycles. The summed E-state index contributed by atoms with van der Waals surface area (Å²) in [7, 11) is 1.81. The lowest BCUT2D eigenvalue weighted by Gasteiger charge is -2.17. The molecule has 0 spiro atoms. The quantitative estimate of drug-likeness (QED) is 0.873. The van der Waals surface area contributed by atoms with Crippen LogP contribution in [0.5, 0.6) is 5.75 Å². The number of aromatic nitrogens is 3. The lowest BCUT2D eigenvalue weighted by molar-refractivity contribution is 0.0737. The van der Waals surface area contributed by atoms with E-state index in [-0.39, 0.29) is 6.10 Å². The molecule has 108 valence electrons. The van der Waals surface area contributed by atoms with Gasteiger partial charge in [0.1, 0.15) is 24.1 Å². The topological polar surface area (TPSA) is 87.2 Å². The third-order valence-corrected chi connectivity index (χ3v) is 3.41. The van der Waals surface area contributed by atoms with Crippen LogP contribution in [0.25, 0.3) is 0 Å². The van der Waals surface area contributed by atoms with E-state index in [0.717, 1.165) is 5.82 Å². The number of β-amino-alcohol motifs (C(OH)–C–C–N with tert-alkyl or cyclic N) is 1. The summed E-state index contributed by atoms with van der Waals surface area (Å²) in [4.78, 5) is 6.17. The lowest BCUT2D eigenvalue weighted by atomic mass is 10.3. The molecule has 0 bridgehead atoms. The first-order chi connectivity index (χ1) is 10.2. The number of anilines is 1. The highest BCUT2D eigenvalue weighted by molar-refractivity contribution is 5.43. The maximum atomic E-state index is 10.1. The monoisotopic (exact) mass is 285 g/mol. The molecule has 0 unspecified atom stereocenters. The second-order valence-electron chi connectivity index (χ2n) is 5.00. The number of hydrogen-bond donors (Lipinski definition) is 1. The Bertz CT molecular complexity index is 661. The Morgan fingerprint density at radius 2 is 2.24 bits per heavy atom. The van der Waals surface area contributed by atoms with E-state index in [0.29, 0.717) is 24.4 Å². The molecule has 0 aliphatic carbocycles. The highest BCUT2D eigenvalue weighted by atomic mass is 16.5. The molecule has 7 nitrogen and oxygen atoms in total. The van der Waals surface area contributed by atoms with E-state index in [1.54, 1.807) is 29.2 Å². The summed E-state index contributed by atoms with van der Waals surface area (Å²) >= 11 is 0. The molecule has 0 aromatic carbocycles. The van der Waals surface area contributed by atoms with Crippen molar-refractivity contribution in [2.45, 2.75) is 12.2 Å². The van der Waals surface area contributed by atoms with Gasteiger partial charge in [0, 0.05) is 19.8 Å². The van der Waals surface area contributed by atoms with Crippen LogP contribution in [0.15, 0.2) is 30.7 Å². The number of hydrogen-bond acceptors (Lipinski definition) is 6. The number of aliphatic hydroxyl groups is 1. The fraction of sp³-hybridized carbons (Fsp3) is 0.357. The molecule has 0 saturated carbocycles. The van der Waals surface area contributed by atoms with Crippen molar-refractivity contribution < 1.29 is 9.84 Å². The minimum atomic E-state index is -0.595. The van der Waals surface area contributed by atoms with Gasteiger partial charge in [-0.3, -0.25) is 4.68 Å². The maximum Gasteiger partial charge on any atom is 0.157 e. The number of aliphatic hydroxyl groups excluding tert-OH is 1. The van der Waals surface area contributed by atoms with Crippen LogP contribution >= 0.6 is 0 Å². The zero-order valence-electron chi connectivity index (χ0n) is 11.5. The molecule has 0 amide bonds. The van der Waals surface area contributed by atoms with Crippen molar-refractivity contribution in [2.75, 3.05) is 18.0 Å². The molecule has 3 heterocycles. The van der Waals surface area contributed by atoms with Crippen molar-refractivity contribution in [1.82, 2.24) is 14.8 Å². The Balaban J connectivity index is 1.68. The van der Waals surface area contributed by atoms with Crippen LogP contribution in [0.3, 0.4) is 0 Å². The second kappa shape index (κ2) is 5.42. The van der Waals surface area contributed by atoms with Crippen molar-refractivity contribution in [3.63, 3.8) is 0 Å².